The summed E-state index contributed by atoms with van der Waals surface area (Å²) in [4.78, 5) is 27.0. The van der Waals surface area contributed by atoms with Crippen molar-refractivity contribution in [3.8, 4) is 0 Å². The van der Waals surface area contributed by atoms with Gasteiger partial charge in [-0.05, 0) is 39.2 Å². The predicted octanol–water partition coefficient (Wildman–Crippen LogP) is 4.28. The molecule has 1 aliphatic heterocycles. The van der Waals surface area contributed by atoms with Crippen molar-refractivity contribution in [2.75, 3.05) is 26.4 Å². The van der Waals surface area contributed by atoms with Gasteiger partial charge >= 0.3 is 19.8 Å². The average Bonchev–Trinajstić information content (AvgIpc) is 3.08. The topological polar surface area (TPSA) is 112 Å². The number of hydrogen-bond donors (Lipinski definition) is 1. The fraction of sp³-hybridized carbons (Fsp3) is 0.583. The summed E-state index contributed by atoms with van der Waals surface area (Å²) >= 11 is 0. The fourth-order valence-corrected chi connectivity index (χ4v) is 5.45. The first-order valence-electron chi connectivity index (χ1n) is 11.6. The van der Waals surface area contributed by atoms with Gasteiger partial charge in [-0.1, -0.05) is 36.4 Å². The van der Waals surface area contributed by atoms with Crippen LogP contribution in [-0.4, -0.2) is 60.5 Å². The molecule has 1 N–H and O–H groups in total. The van der Waals surface area contributed by atoms with Crippen LogP contribution in [0.1, 0.15) is 39.2 Å². The Morgan fingerprint density at radius 2 is 1.68 bits per heavy atom. The molecule has 0 radical (unpaired) electrons. The minimum atomic E-state index is -3.57. The van der Waals surface area contributed by atoms with Gasteiger partial charge in [-0.25, -0.2) is 4.57 Å². The Hall–Kier alpha value is -2.03. The van der Waals surface area contributed by atoms with Gasteiger partial charge in [0.2, 0.25) is 0 Å². The lowest BCUT2D eigenvalue weighted by Gasteiger charge is -2.27. The monoisotopic (exact) mass is 497 g/mol. The number of aliphatic carboxylic acids is 1. The third-order valence-electron chi connectivity index (χ3n) is 5.79. The molecule has 4 unspecified atom stereocenters. The Labute approximate surface area is 201 Å². The largest absolute Gasteiger partial charge is 0.481 e. The highest BCUT2D eigenvalue weighted by atomic mass is 31.2. The summed E-state index contributed by atoms with van der Waals surface area (Å²) in [6.45, 7) is 10.2. The molecular weight excluding hydrogens is 461 g/mol. The number of nitrogens with zero attached hydrogens (tertiary/aromatic N) is 1. The summed E-state index contributed by atoms with van der Waals surface area (Å²) < 4.78 is 33.1. The van der Waals surface area contributed by atoms with Gasteiger partial charge in [0.25, 0.3) is 0 Å². The number of phosphoric acid groups is 1. The van der Waals surface area contributed by atoms with Crippen LogP contribution < -0.4 is 0 Å². The lowest BCUT2D eigenvalue weighted by molar-refractivity contribution is -0.157. The van der Waals surface area contributed by atoms with Gasteiger partial charge in [-0.2, -0.15) is 0 Å². The van der Waals surface area contributed by atoms with Crippen LogP contribution in [0.15, 0.2) is 43.0 Å². The molecule has 2 rings (SSSR count). The Morgan fingerprint density at radius 1 is 1.06 bits per heavy atom. The minimum absolute atomic E-state index is 0.1000. The second-order valence-corrected chi connectivity index (χ2v) is 9.67. The second-order valence-electron chi connectivity index (χ2n) is 8.01. The zero-order valence-electron chi connectivity index (χ0n) is 20.1. The quantitative estimate of drug-likeness (QED) is 0.164. The lowest BCUT2D eigenvalue weighted by atomic mass is 9.87. The Bertz CT molecular complexity index is 839. The van der Waals surface area contributed by atoms with E-state index in [9.17, 15) is 19.3 Å². The number of carbonyl (C=O) groups excluding carboxylic acids is 1. The molecule has 1 aromatic carbocycles. The highest BCUT2D eigenvalue weighted by Gasteiger charge is 2.53. The number of carbonyl (C=O) groups is 2. The van der Waals surface area contributed by atoms with E-state index < -0.39 is 37.6 Å². The van der Waals surface area contributed by atoms with Crippen molar-refractivity contribution in [1.29, 1.82) is 0 Å². The van der Waals surface area contributed by atoms with E-state index in [0.29, 0.717) is 19.4 Å². The van der Waals surface area contributed by atoms with E-state index in [2.05, 4.69) is 6.58 Å². The number of carboxylic acid groups (broad SMARTS) is 1. The molecule has 34 heavy (non-hydrogen) atoms. The van der Waals surface area contributed by atoms with Crippen LogP contribution in [0, 0.1) is 11.8 Å². The lowest BCUT2D eigenvalue weighted by Crippen LogP contribution is -2.36. The number of esters is 1. The SMILES string of the molecule is C=CC1C(C(=O)O)C(C(=O)OCCCCOP(=O)(OCC)OCC)C(C)N1Cc1ccccc1. The Kier molecular flexibility index (Phi) is 11.4. The van der Waals surface area contributed by atoms with E-state index in [0.717, 1.165) is 5.56 Å². The summed E-state index contributed by atoms with van der Waals surface area (Å²) in [5.41, 5.74) is 1.02. The maximum Gasteiger partial charge on any atom is 0.474 e. The molecule has 1 aromatic rings. The highest BCUT2D eigenvalue weighted by Crippen LogP contribution is 2.49. The van der Waals surface area contributed by atoms with Crippen molar-refractivity contribution in [1.82, 2.24) is 4.90 Å². The predicted molar refractivity (Wildman–Crippen MR) is 127 cm³/mol. The number of hydrogen-bond acceptors (Lipinski definition) is 8. The molecule has 1 heterocycles. The number of unbranched alkanes of at least 4 members (excludes halogenated alkanes) is 1. The van der Waals surface area contributed by atoms with Crippen molar-refractivity contribution in [2.45, 2.75) is 52.2 Å². The number of likely N-dealkylation sites (tertiary alicyclic amines) is 1. The Balaban J connectivity index is 1.93. The highest BCUT2D eigenvalue weighted by molar-refractivity contribution is 7.48. The van der Waals surface area contributed by atoms with Crippen LogP contribution in [-0.2, 0) is 39.0 Å². The van der Waals surface area contributed by atoms with Crippen LogP contribution in [0.25, 0.3) is 0 Å². The van der Waals surface area contributed by atoms with Gasteiger partial charge in [0.1, 0.15) is 0 Å². The van der Waals surface area contributed by atoms with Gasteiger partial charge in [-0.3, -0.25) is 28.1 Å². The molecule has 10 heteroatoms. The maximum atomic E-state index is 12.9. The fourth-order valence-electron chi connectivity index (χ4n) is 4.24. The van der Waals surface area contributed by atoms with Crippen molar-refractivity contribution in [3.63, 3.8) is 0 Å². The molecule has 1 saturated heterocycles. The van der Waals surface area contributed by atoms with Crippen LogP contribution in [0.5, 0.6) is 0 Å². The van der Waals surface area contributed by atoms with E-state index in [4.69, 9.17) is 18.3 Å². The second kappa shape index (κ2) is 13.8. The summed E-state index contributed by atoms with van der Waals surface area (Å²) in [6, 6.07) is 8.85. The number of carboxylic acids is 1. The molecule has 0 bridgehead atoms. The third-order valence-corrected chi connectivity index (χ3v) is 7.44. The standard InChI is InChI=1S/C24H36NO8P/c1-5-20-22(23(26)27)21(18(4)25(20)17-19-13-9-8-10-14-19)24(28)30-15-11-12-16-33-34(29,31-6-2)32-7-3/h5,8-10,13-14,18,20-22H,1,6-7,11-12,15-17H2,2-4H3,(H,26,27). The van der Waals surface area contributed by atoms with Crippen LogP contribution in [0.2, 0.25) is 0 Å². The van der Waals surface area contributed by atoms with E-state index in [1.54, 1.807) is 19.9 Å². The first-order chi connectivity index (χ1) is 16.3. The van der Waals surface area contributed by atoms with Crippen molar-refractivity contribution in [2.24, 2.45) is 11.8 Å². The van der Waals surface area contributed by atoms with Crippen LogP contribution >= 0.6 is 7.82 Å². The van der Waals surface area contributed by atoms with Gasteiger partial charge < -0.3 is 9.84 Å². The summed E-state index contributed by atoms with van der Waals surface area (Å²) in [5, 5.41) is 9.89. The zero-order valence-corrected chi connectivity index (χ0v) is 21.0. The third kappa shape index (κ3) is 7.48. The number of phosphoric ester groups is 1. The van der Waals surface area contributed by atoms with Gasteiger partial charge in [0.05, 0.1) is 38.3 Å². The summed E-state index contributed by atoms with van der Waals surface area (Å²) in [7, 11) is -3.57. The molecule has 9 nitrogen and oxygen atoms in total. The number of benzene rings is 1. The first-order valence-corrected chi connectivity index (χ1v) is 13.1. The van der Waals surface area contributed by atoms with Crippen LogP contribution in [0.4, 0.5) is 0 Å². The number of rotatable bonds is 15. The van der Waals surface area contributed by atoms with Crippen LogP contribution in [0.3, 0.4) is 0 Å². The normalized spacial score (nSPS) is 23.0. The van der Waals surface area contributed by atoms with Crippen molar-refractivity contribution < 1.29 is 37.6 Å². The maximum absolute atomic E-state index is 12.9. The Morgan fingerprint density at radius 3 is 2.24 bits per heavy atom. The molecule has 0 saturated carbocycles. The number of ether oxygens (including phenoxy) is 1. The molecule has 0 aromatic heterocycles. The minimum Gasteiger partial charge on any atom is -0.481 e. The molecule has 1 aliphatic rings. The van der Waals surface area contributed by atoms with Gasteiger partial charge in [0, 0.05) is 18.6 Å². The molecule has 0 spiro atoms. The van der Waals surface area contributed by atoms with E-state index >= 15 is 0 Å². The van der Waals surface area contributed by atoms with E-state index in [1.165, 1.54) is 0 Å². The molecule has 190 valence electrons. The molecule has 0 aliphatic carbocycles. The zero-order chi connectivity index (χ0) is 25.1. The summed E-state index contributed by atoms with van der Waals surface area (Å²) in [5.74, 6) is -3.37. The van der Waals surface area contributed by atoms with Gasteiger partial charge in [0.15, 0.2) is 0 Å². The summed E-state index contributed by atoms with van der Waals surface area (Å²) in [6.07, 6.45) is 2.52. The average molecular weight is 498 g/mol. The van der Waals surface area contributed by atoms with Gasteiger partial charge in [-0.15, -0.1) is 6.58 Å². The first kappa shape index (κ1) is 28.2. The molecule has 0 amide bonds. The van der Waals surface area contributed by atoms with E-state index in [1.807, 2.05) is 42.2 Å². The molecule has 4 atom stereocenters. The molecule has 1 fully saturated rings. The molecular formula is C24H36NO8P. The van der Waals surface area contributed by atoms with Crippen molar-refractivity contribution >= 4 is 19.8 Å². The van der Waals surface area contributed by atoms with Crippen molar-refractivity contribution in [3.05, 3.63) is 48.6 Å². The smallest absolute Gasteiger partial charge is 0.474 e. The van der Waals surface area contributed by atoms with E-state index in [-0.39, 0.29) is 32.5 Å².